The van der Waals surface area contributed by atoms with E-state index >= 15 is 0 Å². The molecule has 17 heavy (non-hydrogen) atoms. The summed E-state index contributed by atoms with van der Waals surface area (Å²) in [5.41, 5.74) is 2.39. The Labute approximate surface area is 97.4 Å². The van der Waals surface area contributed by atoms with Gasteiger partial charge in [-0.05, 0) is 6.07 Å². The predicted octanol–water partition coefficient (Wildman–Crippen LogP) is 1.26. The summed E-state index contributed by atoms with van der Waals surface area (Å²) >= 11 is 0. The van der Waals surface area contributed by atoms with Crippen molar-refractivity contribution in [2.75, 3.05) is 4.90 Å². The van der Waals surface area contributed by atoms with Gasteiger partial charge in [-0.3, -0.25) is 9.98 Å². The Morgan fingerprint density at radius 3 is 2.94 bits per heavy atom. The standard InChI is InChI=1S/C12H9N3O2/c16-12(17)11-14-7-9-6-13-5-8-3-1-2-4-10(8)15(9)11/h1-7,11H,(H,16,17). The lowest BCUT2D eigenvalue weighted by Crippen LogP contribution is -2.35. The van der Waals surface area contributed by atoms with Crippen molar-refractivity contribution >= 4 is 24.1 Å². The number of allylic oxidation sites excluding steroid dienone is 1. The Kier molecular flexibility index (Phi) is 2.04. The van der Waals surface area contributed by atoms with Crippen molar-refractivity contribution in [2.45, 2.75) is 6.17 Å². The highest BCUT2D eigenvalue weighted by Crippen LogP contribution is 2.30. The molecule has 1 aromatic rings. The van der Waals surface area contributed by atoms with Crippen molar-refractivity contribution in [3.8, 4) is 0 Å². The maximum absolute atomic E-state index is 11.2. The highest BCUT2D eigenvalue weighted by molar-refractivity contribution is 6.00. The average molecular weight is 227 g/mol. The summed E-state index contributed by atoms with van der Waals surface area (Å²) in [5, 5.41) is 9.15. The monoisotopic (exact) mass is 227 g/mol. The second-order valence-corrected chi connectivity index (χ2v) is 3.75. The molecule has 2 heterocycles. The third-order valence-electron chi connectivity index (χ3n) is 2.71. The lowest BCUT2D eigenvalue weighted by Gasteiger charge is -2.23. The lowest BCUT2D eigenvalue weighted by molar-refractivity contribution is -0.138. The van der Waals surface area contributed by atoms with Gasteiger partial charge in [0.1, 0.15) is 0 Å². The first-order chi connectivity index (χ1) is 8.27. The van der Waals surface area contributed by atoms with Crippen LogP contribution in [0.1, 0.15) is 5.56 Å². The molecule has 0 aliphatic carbocycles. The summed E-state index contributed by atoms with van der Waals surface area (Å²) in [6.07, 6.45) is 3.97. The Morgan fingerprint density at radius 1 is 1.29 bits per heavy atom. The van der Waals surface area contributed by atoms with Gasteiger partial charge in [0.15, 0.2) is 0 Å². The summed E-state index contributed by atoms with van der Waals surface area (Å²) in [6.45, 7) is 0. The molecule has 84 valence electrons. The molecule has 3 rings (SSSR count). The Bertz CT molecular complexity index is 575. The zero-order valence-corrected chi connectivity index (χ0v) is 8.82. The van der Waals surface area contributed by atoms with E-state index < -0.39 is 12.1 Å². The molecule has 1 unspecified atom stereocenters. The third-order valence-corrected chi connectivity index (χ3v) is 2.71. The molecule has 2 aliphatic rings. The van der Waals surface area contributed by atoms with Crippen molar-refractivity contribution in [3.05, 3.63) is 41.7 Å². The SMILES string of the molecule is O=C(O)C1N=CC2=CN=Cc3ccccc3N21. The molecule has 0 radical (unpaired) electrons. The number of carboxylic acids is 1. The van der Waals surface area contributed by atoms with Crippen LogP contribution in [0.25, 0.3) is 0 Å². The minimum Gasteiger partial charge on any atom is -0.478 e. The predicted molar refractivity (Wildman–Crippen MR) is 64.5 cm³/mol. The number of hydrogen-bond donors (Lipinski definition) is 1. The number of hydrogen-bond acceptors (Lipinski definition) is 4. The summed E-state index contributed by atoms with van der Waals surface area (Å²) in [6, 6.07) is 7.52. The first-order valence-corrected chi connectivity index (χ1v) is 5.15. The van der Waals surface area contributed by atoms with Gasteiger partial charge in [-0.2, -0.15) is 0 Å². The topological polar surface area (TPSA) is 65.3 Å². The molecule has 1 N–H and O–H groups in total. The molecule has 0 saturated carbocycles. The molecule has 0 fully saturated rings. The van der Waals surface area contributed by atoms with Crippen LogP contribution in [0.5, 0.6) is 0 Å². The fourth-order valence-electron chi connectivity index (χ4n) is 1.97. The van der Waals surface area contributed by atoms with Crippen LogP contribution in [0.2, 0.25) is 0 Å². The van der Waals surface area contributed by atoms with Gasteiger partial charge in [0.25, 0.3) is 0 Å². The van der Waals surface area contributed by atoms with Gasteiger partial charge in [-0.15, -0.1) is 0 Å². The van der Waals surface area contributed by atoms with Crippen LogP contribution >= 0.6 is 0 Å². The van der Waals surface area contributed by atoms with Gasteiger partial charge in [-0.1, -0.05) is 18.2 Å². The van der Waals surface area contributed by atoms with Gasteiger partial charge >= 0.3 is 5.97 Å². The van der Waals surface area contributed by atoms with Crippen molar-refractivity contribution in [1.29, 1.82) is 0 Å². The lowest BCUT2D eigenvalue weighted by atomic mass is 10.1. The number of rotatable bonds is 1. The number of aliphatic imine (C=N–C) groups is 2. The van der Waals surface area contributed by atoms with Crippen LogP contribution < -0.4 is 4.90 Å². The number of aliphatic carboxylic acids is 1. The highest BCUT2D eigenvalue weighted by Gasteiger charge is 2.33. The van der Waals surface area contributed by atoms with Crippen LogP contribution in [0.4, 0.5) is 5.69 Å². The molecule has 0 amide bonds. The summed E-state index contributed by atoms with van der Waals surface area (Å²) in [4.78, 5) is 20.9. The smallest absolute Gasteiger partial charge is 0.349 e. The zero-order chi connectivity index (χ0) is 11.8. The number of benzene rings is 1. The fourth-order valence-corrected chi connectivity index (χ4v) is 1.97. The first kappa shape index (κ1) is 9.77. The van der Waals surface area contributed by atoms with Crippen LogP contribution in [0.15, 0.2) is 46.1 Å². The fraction of sp³-hybridized carbons (Fsp3) is 0.0833. The second kappa shape index (κ2) is 3.55. The van der Waals surface area contributed by atoms with E-state index in [1.807, 2.05) is 24.3 Å². The Hall–Kier alpha value is -2.43. The number of fused-ring (bicyclic) bond motifs is 3. The number of carbonyl (C=O) groups is 1. The van der Waals surface area contributed by atoms with Crippen molar-refractivity contribution in [2.24, 2.45) is 9.98 Å². The number of para-hydroxylation sites is 1. The number of nitrogens with zero attached hydrogens (tertiary/aromatic N) is 3. The maximum atomic E-state index is 11.2. The molecule has 0 bridgehead atoms. The van der Waals surface area contributed by atoms with Crippen molar-refractivity contribution in [3.63, 3.8) is 0 Å². The van der Waals surface area contributed by atoms with Crippen LogP contribution in [-0.4, -0.2) is 29.7 Å². The van der Waals surface area contributed by atoms with Crippen LogP contribution in [-0.2, 0) is 4.79 Å². The van der Waals surface area contributed by atoms with Crippen molar-refractivity contribution in [1.82, 2.24) is 0 Å². The van der Waals surface area contributed by atoms with Gasteiger partial charge in [0.05, 0.1) is 17.6 Å². The Morgan fingerprint density at radius 2 is 2.12 bits per heavy atom. The van der Waals surface area contributed by atoms with Crippen LogP contribution in [0.3, 0.4) is 0 Å². The quantitative estimate of drug-likeness (QED) is 0.785. The molecule has 5 heteroatoms. The summed E-state index contributed by atoms with van der Waals surface area (Å²) in [5.74, 6) is -0.971. The van der Waals surface area contributed by atoms with E-state index in [4.69, 9.17) is 5.11 Å². The third kappa shape index (κ3) is 1.44. The summed E-state index contributed by atoms with van der Waals surface area (Å²) < 4.78 is 0. The van der Waals surface area contributed by atoms with Gasteiger partial charge in [0, 0.05) is 18.0 Å². The first-order valence-electron chi connectivity index (χ1n) is 5.15. The van der Waals surface area contributed by atoms with E-state index in [1.54, 1.807) is 17.3 Å². The zero-order valence-electron chi connectivity index (χ0n) is 8.82. The molecule has 1 atom stereocenters. The highest BCUT2D eigenvalue weighted by atomic mass is 16.4. The molecule has 2 aliphatic heterocycles. The average Bonchev–Trinajstić information content (AvgIpc) is 2.66. The molecular formula is C12H9N3O2. The largest absolute Gasteiger partial charge is 0.478 e. The summed E-state index contributed by atoms with van der Waals surface area (Å²) in [7, 11) is 0. The van der Waals surface area contributed by atoms with Gasteiger partial charge in [-0.25, -0.2) is 4.79 Å². The Balaban J connectivity index is 2.17. The number of anilines is 1. The molecule has 1 aromatic carbocycles. The van der Waals surface area contributed by atoms with E-state index in [9.17, 15) is 4.79 Å². The van der Waals surface area contributed by atoms with Crippen molar-refractivity contribution < 1.29 is 9.90 Å². The van der Waals surface area contributed by atoms with Gasteiger partial charge in [0.2, 0.25) is 6.17 Å². The maximum Gasteiger partial charge on any atom is 0.349 e. The van der Waals surface area contributed by atoms with E-state index in [0.29, 0.717) is 5.70 Å². The van der Waals surface area contributed by atoms with Gasteiger partial charge < -0.3 is 10.0 Å². The normalized spacial score (nSPS) is 20.6. The van der Waals surface area contributed by atoms with E-state index in [1.165, 1.54) is 6.21 Å². The minimum absolute atomic E-state index is 0.693. The second-order valence-electron chi connectivity index (χ2n) is 3.75. The molecular weight excluding hydrogens is 218 g/mol. The van der Waals surface area contributed by atoms with E-state index in [2.05, 4.69) is 9.98 Å². The molecule has 0 spiro atoms. The molecule has 0 aromatic heterocycles. The van der Waals surface area contributed by atoms with E-state index in [-0.39, 0.29) is 0 Å². The van der Waals surface area contributed by atoms with Crippen LogP contribution in [0, 0.1) is 0 Å². The number of carboxylic acid groups (broad SMARTS) is 1. The molecule has 5 nitrogen and oxygen atoms in total. The molecule has 0 saturated heterocycles. The van der Waals surface area contributed by atoms with E-state index in [0.717, 1.165) is 11.3 Å². The minimum atomic E-state index is -0.971.